The molecular formula is C23H38O4Si. The fraction of sp³-hybridized carbons (Fsp3) is 0.609. The van der Waals surface area contributed by atoms with E-state index in [1.54, 1.807) is 13.2 Å². The van der Waals surface area contributed by atoms with E-state index in [1.807, 2.05) is 37.3 Å². The number of hydrogen-bond donors (Lipinski definition) is 0. The molecule has 0 amide bonds. The van der Waals surface area contributed by atoms with Crippen molar-refractivity contribution < 1.29 is 18.7 Å². The highest BCUT2D eigenvalue weighted by molar-refractivity contribution is 6.74. The molecule has 5 heteroatoms. The van der Waals surface area contributed by atoms with Gasteiger partial charge < -0.3 is 13.9 Å². The van der Waals surface area contributed by atoms with Crippen molar-refractivity contribution in [1.29, 1.82) is 0 Å². The van der Waals surface area contributed by atoms with Crippen LogP contribution < -0.4 is 4.74 Å². The maximum atomic E-state index is 12.3. The van der Waals surface area contributed by atoms with Crippen molar-refractivity contribution in [3.63, 3.8) is 0 Å². The Labute approximate surface area is 172 Å². The first-order chi connectivity index (χ1) is 13.0. The third-order valence-corrected chi connectivity index (χ3v) is 9.88. The number of benzene rings is 1. The average molecular weight is 407 g/mol. The molecule has 0 aliphatic heterocycles. The highest BCUT2D eigenvalue weighted by atomic mass is 28.4. The molecule has 0 saturated heterocycles. The topological polar surface area (TPSA) is 44.8 Å². The summed E-state index contributed by atoms with van der Waals surface area (Å²) in [5.41, 5.74) is 1.06. The SMILES string of the molecule is COc1ccc(COC[C@@H](C)C(=O)/C=C/[C@@H](C)CO[Si](C)(C)C(C)(C)C)cc1. The van der Waals surface area contributed by atoms with Crippen molar-refractivity contribution in [1.82, 2.24) is 0 Å². The normalized spacial score (nSPS) is 14.9. The highest BCUT2D eigenvalue weighted by Gasteiger charge is 2.37. The van der Waals surface area contributed by atoms with Gasteiger partial charge in [0.05, 0.1) is 20.3 Å². The number of ether oxygens (including phenoxy) is 2. The lowest BCUT2D eigenvalue weighted by Gasteiger charge is -2.36. The van der Waals surface area contributed by atoms with Crippen LogP contribution in [0.1, 0.15) is 40.2 Å². The van der Waals surface area contributed by atoms with Gasteiger partial charge in [-0.15, -0.1) is 0 Å². The Balaban J connectivity index is 2.37. The largest absolute Gasteiger partial charge is 0.497 e. The second-order valence-electron chi connectivity index (χ2n) is 9.07. The summed E-state index contributed by atoms with van der Waals surface area (Å²) < 4.78 is 17.1. The first-order valence-electron chi connectivity index (χ1n) is 10.0. The fourth-order valence-corrected chi connectivity index (χ4v) is 3.31. The van der Waals surface area contributed by atoms with Gasteiger partial charge >= 0.3 is 0 Å². The van der Waals surface area contributed by atoms with Crippen molar-refractivity contribution in [3.8, 4) is 5.75 Å². The Morgan fingerprint density at radius 1 is 1.11 bits per heavy atom. The first kappa shape index (κ1) is 24.6. The third kappa shape index (κ3) is 8.29. The molecule has 0 bridgehead atoms. The Bertz CT molecular complexity index is 629. The Morgan fingerprint density at radius 2 is 1.71 bits per heavy atom. The lowest BCUT2D eigenvalue weighted by atomic mass is 10.1. The first-order valence-corrected chi connectivity index (χ1v) is 12.9. The van der Waals surface area contributed by atoms with Crippen molar-refractivity contribution in [2.24, 2.45) is 11.8 Å². The van der Waals surface area contributed by atoms with E-state index in [0.29, 0.717) is 19.8 Å². The summed E-state index contributed by atoms with van der Waals surface area (Å²) in [6, 6.07) is 7.75. The van der Waals surface area contributed by atoms with Crippen LogP contribution in [-0.4, -0.2) is 34.4 Å². The molecule has 0 N–H and O–H groups in total. The van der Waals surface area contributed by atoms with Gasteiger partial charge in [0.2, 0.25) is 0 Å². The summed E-state index contributed by atoms with van der Waals surface area (Å²) in [7, 11) is -0.103. The maximum Gasteiger partial charge on any atom is 0.192 e. The number of allylic oxidation sites excluding steroid dienone is 1. The standard InChI is InChI=1S/C23H38O4Si/c1-18(15-27-28(7,8)23(3,4)5)9-14-22(24)19(2)16-26-17-20-10-12-21(25-6)13-11-20/h9-14,18-19H,15-17H2,1-8H3/b14-9+/t18-,19-/m1/s1. The molecule has 0 radical (unpaired) electrons. The van der Waals surface area contributed by atoms with Gasteiger partial charge in [-0.25, -0.2) is 0 Å². The molecule has 1 rings (SSSR count). The Morgan fingerprint density at radius 3 is 2.25 bits per heavy atom. The van der Waals surface area contributed by atoms with Crippen LogP contribution in [0.5, 0.6) is 5.75 Å². The number of carbonyl (C=O) groups excluding carboxylic acids is 1. The summed E-state index contributed by atoms with van der Waals surface area (Å²) in [6.45, 7) is 16.7. The van der Waals surface area contributed by atoms with Gasteiger partial charge in [0.25, 0.3) is 0 Å². The maximum absolute atomic E-state index is 12.3. The zero-order valence-electron chi connectivity index (χ0n) is 18.9. The molecule has 4 nitrogen and oxygen atoms in total. The van der Waals surface area contributed by atoms with Crippen LogP contribution in [0.2, 0.25) is 18.1 Å². The van der Waals surface area contributed by atoms with Crippen LogP contribution in [0.3, 0.4) is 0 Å². The lowest BCUT2D eigenvalue weighted by Crippen LogP contribution is -2.41. The molecule has 158 valence electrons. The number of carbonyl (C=O) groups is 1. The average Bonchev–Trinajstić information content (AvgIpc) is 2.64. The van der Waals surface area contributed by atoms with Crippen molar-refractivity contribution in [2.45, 2.75) is 59.4 Å². The van der Waals surface area contributed by atoms with Gasteiger partial charge in [-0.05, 0) is 47.8 Å². The molecule has 1 aromatic rings. The zero-order valence-corrected chi connectivity index (χ0v) is 19.9. The van der Waals surface area contributed by atoms with Gasteiger partial charge in [0.15, 0.2) is 14.1 Å². The molecule has 0 aromatic heterocycles. The Kier molecular flexibility index (Phi) is 9.61. The Hall–Kier alpha value is -1.43. The van der Waals surface area contributed by atoms with Crippen molar-refractivity contribution in [3.05, 3.63) is 42.0 Å². The molecule has 28 heavy (non-hydrogen) atoms. The number of rotatable bonds is 11. The summed E-state index contributed by atoms with van der Waals surface area (Å²) >= 11 is 0. The summed E-state index contributed by atoms with van der Waals surface area (Å²) in [5, 5.41) is 0.196. The second-order valence-corrected chi connectivity index (χ2v) is 13.9. The van der Waals surface area contributed by atoms with Gasteiger partial charge in [0, 0.05) is 12.5 Å². The van der Waals surface area contributed by atoms with E-state index in [0.717, 1.165) is 11.3 Å². The van der Waals surface area contributed by atoms with Crippen LogP contribution in [0.25, 0.3) is 0 Å². The van der Waals surface area contributed by atoms with Crippen LogP contribution in [0.15, 0.2) is 36.4 Å². The molecular weight excluding hydrogens is 368 g/mol. The van der Waals surface area contributed by atoms with E-state index in [2.05, 4.69) is 40.8 Å². The van der Waals surface area contributed by atoms with Crippen LogP contribution in [0, 0.1) is 11.8 Å². The predicted octanol–water partition coefficient (Wildman–Crippen LogP) is 5.63. The van der Waals surface area contributed by atoms with E-state index >= 15 is 0 Å². The predicted molar refractivity (Wildman–Crippen MR) is 118 cm³/mol. The summed E-state index contributed by atoms with van der Waals surface area (Å²) in [4.78, 5) is 12.3. The fourth-order valence-electron chi connectivity index (χ4n) is 2.19. The summed E-state index contributed by atoms with van der Waals surface area (Å²) in [6.07, 6.45) is 3.64. The number of methoxy groups -OCH3 is 1. The molecule has 0 fully saturated rings. The minimum absolute atomic E-state index is 0.0916. The molecule has 0 heterocycles. The molecule has 0 unspecified atom stereocenters. The molecule has 1 aromatic carbocycles. The lowest BCUT2D eigenvalue weighted by molar-refractivity contribution is -0.119. The van der Waals surface area contributed by atoms with Gasteiger partial charge in [-0.1, -0.05) is 52.8 Å². The van der Waals surface area contributed by atoms with E-state index in [9.17, 15) is 4.79 Å². The minimum atomic E-state index is -1.75. The van der Waals surface area contributed by atoms with E-state index in [1.165, 1.54) is 0 Å². The van der Waals surface area contributed by atoms with Crippen LogP contribution >= 0.6 is 0 Å². The highest BCUT2D eigenvalue weighted by Crippen LogP contribution is 2.36. The quantitative estimate of drug-likeness (QED) is 0.353. The smallest absolute Gasteiger partial charge is 0.192 e. The van der Waals surface area contributed by atoms with Crippen molar-refractivity contribution >= 4 is 14.1 Å². The molecule has 2 atom stereocenters. The number of hydrogen-bond acceptors (Lipinski definition) is 4. The summed E-state index contributed by atoms with van der Waals surface area (Å²) in [5.74, 6) is 0.964. The van der Waals surface area contributed by atoms with Crippen molar-refractivity contribution in [2.75, 3.05) is 20.3 Å². The minimum Gasteiger partial charge on any atom is -0.497 e. The van der Waals surface area contributed by atoms with Gasteiger partial charge in [-0.2, -0.15) is 0 Å². The van der Waals surface area contributed by atoms with Gasteiger partial charge in [0.1, 0.15) is 5.75 Å². The third-order valence-electron chi connectivity index (χ3n) is 5.38. The van der Waals surface area contributed by atoms with E-state index < -0.39 is 8.32 Å². The molecule has 0 aliphatic rings. The van der Waals surface area contributed by atoms with Crippen LogP contribution in [0.4, 0.5) is 0 Å². The molecule has 0 aliphatic carbocycles. The monoisotopic (exact) mass is 406 g/mol. The molecule has 0 spiro atoms. The second kappa shape index (κ2) is 10.9. The zero-order chi connectivity index (χ0) is 21.4. The molecule has 0 saturated carbocycles. The number of ketones is 1. The van der Waals surface area contributed by atoms with E-state index in [4.69, 9.17) is 13.9 Å². The van der Waals surface area contributed by atoms with Crippen LogP contribution in [-0.2, 0) is 20.6 Å². The van der Waals surface area contributed by atoms with Gasteiger partial charge in [-0.3, -0.25) is 4.79 Å². The van der Waals surface area contributed by atoms with E-state index in [-0.39, 0.29) is 22.7 Å².